The molecule has 10 nitrogen and oxygen atoms in total. The molecule has 1 heterocycles. The third-order valence-corrected chi connectivity index (χ3v) is 6.10. The Kier molecular flexibility index (Phi) is 9.47. The fourth-order valence-electron chi connectivity index (χ4n) is 3.60. The SMILES string of the molecule is CCCC(C(=O)NC(C)(C)C)N(CCc1ccc(OC)c(OC)c1)C(=O)c1snc(C(N)=O)c1N. The number of aromatic nitrogens is 1. The van der Waals surface area contributed by atoms with E-state index in [0.717, 1.165) is 17.1 Å². The molecule has 0 saturated carbocycles. The van der Waals surface area contributed by atoms with Crippen molar-refractivity contribution in [2.45, 2.75) is 58.5 Å². The molecule has 192 valence electrons. The van der Waals surface area contributed by atoms with Gasteiger partial charge in [0.1, 0.15) is 10.9 Å². The van der Waals surface area contributed by atoms with Gasteiger partial charge in [-0.15, -0.1) is 0 Å². The first-order valence-electron chi connectivity index (χ1n) is 11.3. The predicted molar refractivity (Wildman–Crippen MR) is 136 cm³/mol. The van der Waals surface area contributed by atoms with Gasteiger partial charge in [0, 0.05) is 12.1 Å². The normalized spacial score (nSPS) is 12.1. The number of nitrogens with two attached hydrogens (primary N) is 2. The molecule has 0 aliphatic heterocycles. The standard InChI is InChI=1S/C24H35N5O5S/c1-7-8-15(22(31)27-24(2,3)4)29(23(32)20-18(25)19(21(26)30)28-35-20)12-11-14-9-10-16(33-5)17(13-14)34-6/h9-10,13,15H,7-8,11-12,25H2,1-6H3,(H2,26,30)(H,27,31). The molecule has 2 aromatic rings. The third kappa shape index (κ3) is 7.08. The molecule has 0 saturated heterocycles. The zero-order valence-electron chi connectivity index (χ0n) is 21.1. The minimum atomic E-state index is -0.815. The number of methoxy groups -OCH3 is 2. The predicted octanol–water partition coefficient (Wildman–Crippen LogP) is 2.61. The van der Waals surface area contributed by atoms with Crippen LogP contribution in [0.15, 0.2) is 18.2 Å². The lowest BCUT2D eigenvalue weighted by atomic mass is 10.0. The number of amides is 3. The Hall–Kier alpha value is -3.34. The number of hydrogen-bond acceptors (Lipinski definition) is 8. The summed E-state index contributed by atoms with van der Waals surface area (Å²) in [6.07, 6.45) is 1.56. The van der Waals surface area contributed by atoms with E-state index >= 15 is 0 Å². The van der Waals surface area contributed by atoms with Gasteiger partial charge in [-0.3, -0.25) is 14.4 Å². The van der Waals surface area contributed by atoms with Gasteiger partial charge in [-0.2, -0.15) is 4.37 Å². The zero-order valence-corrected chi connectivity index (χ0v) is 22.0. The van der Waals surface area contributed by atoms with Gasteiger partial charge < -0.3 is 31.2 Å². The van der Waals surface area contributed by atoms with Crippen molar-refractivity contribution in [3.05, 3.63) is 34.3 Å². The summed E-state index contributed by atoms with van der Waals surface area (Å²) in [6, 6.07) is 4.75. The van der Waals surface area contributed by atoms with Gasteiger partial charge in [-0.1, -0.05) is 19.4 Å². The largest absolute Gasteiger partial charge is 0.493 e. The van der Waals surface area contributed by atoms with Gasteiger partial charge in [0.2, 0.25) is 5.91 Å². The quantitative estimate of drug-likeness (QED) is 0.425. The lowest BCUT2D eigenvalue weighted by Crippen LogP contribution is -2.54. The van der Waals surface area contributed by atoms with Crippen molar-refractivity contribution >= 4 is 34.9 Å². The zero-order chi connectivity index (χ0) is 26.3. The molecule has 2 rings (SSSR count). The van der Waals surface area contributed by atoms with E-state index in [9.17, 15) is 14.4 Å². The molecule has 0 aliphatic rings. The lowest BCUT2D eigenvalue weighted by molar-refractivity contribution is -0.127. The highest BCUT2D eigenvalue weighted by atomic mass is 32.1. The van der Waals surface area contributed by atoms with Crippen LogP contribution in [0.4, 0.5) is 5.69 Å². The number of nitrogens with zero attached hydrogens (tertiary/aromatic N) is 2. The Morgan fingerprint density at radius 3 is 2.34 bits per heavy atom. The van der Waals surface area contributed by atoms with Gasteiger partial charge in [0.25, 0.3) is 11.8 Å². The van der Waals surface area contributed by atoms with Gasteiger partial charge in [-0.05, 0) is 62.8 Å². The Balaban J connectivity index is 2.45. The smallest absolute Gasteiger partial charge is 0.270 e. The monoisotopic (exact) mass is 505 g/mol. The van der Waals surface area contributed by atoms with Crippen molar-refractivity contribution in [1.82, 2.24) is 14.6 Å². The van der Waals surface area contributed by atoms with Gasteiger partial charge in [0.15, 0.2) is 17.2 Å². The number of nitrogens with one attached hydrogen (secondary N) is 1. The Morgan fingerprint density at radius 2 is 1.83 bits per heavy atom. The summed E-state index contributed by atoms with van der Waals surface area (Å²) in [4.78, 5) is 40.1. The Bertz CT molecular complexity index is 1060. The van der Waals surface area contributed by atoms with Crippen LogP contribution in [0.25, 0.3) is 0 Å². The molecule has 1 unspecified atom stereocenters. The van der Waals surface area contributed by atoms with Crippen LogP contribution >= 0.6 is 11.5 Å². The van der Waals surface area contributed by atoms with E-state index < -0.39 is 23.4 Å². The van der Waals surface area contributed by atoms with Crippen LogP contribution < -0.4 is 26.3 Å². The summed E-state index contributed by atoms with van der Waals surface area (Å²) < 4.78 is 14.6. The van der Waals surface area contributed by atoms with Crippen LogP contribution in [-0.4, -0.2) is 59.3 Å². The molecular formula is C24H35N5O5S. The second kappa shape index (κ2) is 11.9. The first-order valence-corrected chi connectivity index (χ1v) is 12.1. The summed E-state index contributed by atoms with van der Waals surface area (Å²) in [5.74, 6) is -0.399. The fraction of sp³-hybridized carbons (Fsp3) is 0.500. The highest BCUT2D eigenvalue weighted by Gasteiger charge is 2.34. The number of ether oxygens (including phenoxy) is 2. The molecule has 11 heteroatoms. The number of rotatable bonds is 11. The van der Waals surface area contributed by atoms with E-state index in [1.807, 2.05) is 39.8 Å². The van der Waals surface area contributed by atoms with E-state index in [4.69, 9.17) is 20.9 Å². The Morgan fingerprint density at radius 1 is 1.17 bits per heavy atom. The fourth-order valence-corrected chi connectivity index (χ4v) is 4.36. The molecule has 0 spiro atoms. The van der Waals surface area contributed by atoms with E-state index in [1.54, 1.807) is 20.3 Å². The topological polar surface area (TPSA) is 150 Å². The molecule has 0 fully saturated rings. The molecular weight excluding hydrogens is 470 g/mol. The maximum Gasteiger partial charge on any atom is 0.270 e. The molecule has 0 radical (unpaired) electrons. The first kappa shape index (κ1) is 27.9. The number of carbonyl (C=O) groups is 3. The van der Waals surface area contributed by atoms with Crippen LogP contribution in [0.2, 0.25) is 0 Å². The molecule has 3 amide bonds. The maximum absolute atomic E-state index is 13.7. The number of nitrogen functional groups attached to an aromatic ring is 1. The Labute approximate surface area is 210 Å². The van der Waals surface area contributed by atoms with E-state index in [-0.39, 0.29) is 28.7 Å². The van der Waals surface area contributed by atoms with E-state index in [2.05, 4.69) is 9.69 Å². The van der Waals surface area contributed by atoms with Crippen LogP contribution in [0.5, 0.6) is 11.5 Å². The second-order valence-corrected chi connectivity index (χ2v) is 9.89. The molecule has 0 aliphatic carbocycles. The second-order valence-electron chi connectivity index (χ2n) is 9.12. The average Bonchev–Trinajstić information content (AvgIpc) is 3.18. The van der Waals surface area contributed by atoms with Crippen molar-refractivity contribution in [2.24, 2.45) is 5.73 Å². The summed E-state index contributed by atoms with van der Waals surface area (Å²) in [6.45, 7) is 7.80. The first-order chi connectivity index (χ1) is 16.4. The average molecular weight is 506 g/mol. The molecule has 1 aromatic heterocycles. The van der Waals surface area contributed by atoms with Crippen molar-refractivity contribution in [3.63, 3.8) is 0 Å². The van der Waals surface area contributed by atoms with E-state index in [1.165, 1.54) is 4.90 Å². The molecule has 35 heavy (non-hydrogen) atoms. The highest BCUT2D eigenvalue weighted by Crippen LogP contribution is 2.29. The van der Waals surface area contributed by atoms with Gasteiger partial charge in [0.05, 0.1) is 19.9 Å². The third-order valence-electron chi connectivity index (χ3n) is 5.24. The molecule has 1 atom stereocenters. The van der Waals surface area contributed by atoms with Crippen molar-refractivity contribution in [3.8, 4) is 11.5 Å². The van der Waals surface area contributed by atoms with Crippen molar-refractivity contribution in [2.75, 3.05) is 26.5 Å². The van der Waals surface area contributed by atoms with Crippen LogP contribution in [0, 0.1) is 0 Å². The van der Waals surface area contributed by atoms with E-state index in [0.29, 0.717) is 30.8 Å². The minimum Gasteiger partial charge on any atom is -0.493 e. The minimum absolute atomic E-state index is 0.0740. The van der Waals surface area contributed by atoms with Crippen molar-refractivity contribution < 1.29 is 23.9 Å². The van der Waals surface area contributed by atoms with Gasteiger partial charge in [-0.25, -0.2) is 0 Å². The number of hydrogen-bond donors (Lipinski definition) is 3. The number of carbonyl (C=O) groups excluding carboxylic acids is 3. The number of primary amides is 1. The lowest BCUT2D eigenvalue weighted by Gasteiger charge is -2.33. The summed E-state index contributed by atoms with van der Waals surface area (Å²) in [5, 5.41) is 2.97. The highest BCUT2D eigenvalue weighted by molar-refractivity contribution is 7.09. The molecule has 1 aromatic carbocycles. The van der Waals surface area contributed by atoms with Crippen LogP contribution in [0.3, 0.4) is 0 Å². The summed E-state index contributed by atoms with van der Waals surface area (Å²) in [7, 11) is 3.11. The van der Waals surface area contributed by atoms with Crippen LogP contribution in [0.1, 0.15) is 66.3 Å². The maximum atomic E-state index is 13.7. The van der Waals surface area contributed by atoms with Crippen LogP contribution in [-0.2, 0) is 11.2 Å². The summed E-state index contributed by atoms with van der Waals surface area (Å²) in [5.41, 5.74) is 11.6. The molecule has 5 N–H and O–H groups in total. The van der Waals surface area contributed by atoms with Gasteiger partial charge >= 0.3 is 0 Å². The van der Waals surface area contributed by atoms with Crippen molar-refractivity contribution in [1.29, 1.82) is 0 Å². The number of benzene rings is 1. The summed E-state index contributed by atoms with van der Waals surface area (Å²) >= 11 is 0.799. The number of anilines is 1. The molecule has 0 bridgehead atoms.